The molecule has 0 atom stereocenters. The molecule has 4 rings (SSSR count). The van der Waals surface area contributed by atoms with Crippen LogP contribution in [0.25, 0.3) is 0 Å². The van der Waals surface area contributed by atoms with Crippen molar-refractivity contribution in [3.05, 3.63) is 35.5 Å². The number of alkyl halides is 3. The molecule has 2 aliphatic rings. The van der Waals surface area contributed by atoms with E-state index < -0.39 is 18.3 Å². The van der Waals surface area contributed by atoms with Crippen LogP contribution < -0.4 is 14.3 Å². The van der Waals surface area contributed by atoms with Gasteiger partial charge in [0.05, 0.1) is 12.5 Å². The number of rotatable bonds is 9. The summed E-state index contributed by atoms with van der Waals surface area (Å²) in [6.45, 7) is 2.04. The number of aromatic nitrogens is 3. The molecule has 2 aromatic rings. The number of esters is 1. The second-order valence-electron chi connectivity index (χ2n) is 9.71. The first kappa shape index (κ1) is 27.7. The SMILES string of the molecule is CCCOC(=O)c1c(OC2CCC(c3ccc(OC(F)(F)F)cc3)CC2)nnn1OC(=O)C1CCCCC1. The van der Waals surface area contributed by atoms with E-state index in [0.717, 1.165) is 55.4 Å². The van der Waals surface area contributed by atoms with Gasteiger partial charge in [0, 0.05) is 0 Å². The van der Waals surface area contributed by atoms with Crippen molar-refractivity contribution in [2.45, 2.75) is 89.5 Å². The van der Waals surface area contributed by atoms with Gasteiger partial charge in [0.15, 0.2) is 0 Å². The van der Waals surface area contributed by atoms with E-state index >= 15 is 0 Å². The van der Waals surface area contributed by atoms with Gasteiger partial charge in [-0.1, -0.05) is 48.3 Å². The van der Waals surface area contributed by atoms with Crippen LogP contribution in [0.5, 0.6) is 11.6 Å². The highest BCUT2D eigenvalue weighted by Gasteiger charge is 2.33. The van der Waals surface area contributed by atoms with Crippen molar-refractivity contribution in [2.24, 2.45) is 5.92 Å². The molecule has 0 unspecified atom stereocenters. The first-order chi connectivity index (χ1) is 18.2. The standard InChI is InChI=1S/C26H32F3N3O6/c1-2-16-35-25(34)22-23(30-31-32(22)38-24(33)19-6-4-3-5-7-19)36-20-12-8-17(9-13-20)18-10-14-21(15-11-18)37-26(27,28)29/h10-11,14-15,17,19-20H,2-9,12-13,16H2,1H3. The van der Waals surface area contributed by atoms with Gasteiger partial charge >= 0.3 is 18.3 Å². The monoisotopic (exact) mass is 539 g/mol. The number of halogens is 3. The van der Waals surface area contributed by atoms with Gasteiger partial charge in [-0.2, -0.15) is 0 Å². The van der Waals surface area contributed by atoms with E-state index in [9.17, 15) is 22.8 Å². The molecule has 1 heterocycles. The summed E-state index contributed by atoms with van der Waals surface area (Å²) in [6, 6.07) is 5.90. The summed E-state index contributed by atoms with van der Waals surface area (Å²) in [5.74, 6) is -1.61. The third-order valence-corrected chi connectivity index (χ3v) is 6.89. The second-order valence-corrected chi connectivity index (χ2v) is 9.71. The summed E-state index contributed by atoms with van der Waals surface area (Å²) in [6.07, 6.45) is 2.77. The van der Waals surface area contributed by atoms with Gasteiger partial charge in [0.25, 0.3) is 11.6 Å². The van der Waals surface area contributed by atoms with Crippen molar-refractivity contribution in [2.75, 3.05) is 6.61 Å². The summed E-state index contributed by atoms with van der Waals surface area (Å²) in [5.41, 5.74) is 0.757. The van der Waals surface area contributed by atoms with Crippen LogP contribution in [-0.2, 0) is 9.53 Å². The maximum absolute atomic E-state index is 12.8. The van der Waals surface area contributed by atoms with Crippen LogP contribution in [-0.4, -0.2) is 46.2 Å². The third-order valence-electron chi connectivity index (χ3n) is 6.89. The van der Waals surface area contributed by atoms with Crippen LogP contribution in [0.1, 0.15) is 93.1 Å². The fourth-order valence-corrected chi connectivity index (χ4v) is 4.94. The maximum Gasteiger partial charge on any atom is 0.573 e. The van der Waals surface area contributed by atoms with Gasteiger partial charge in [0.1, 0.15) is 11.9 Å². The molecule has 0 aliphatic heterocycles. The Labute approximate surface area is 218 Å². The molecule has 2 aliphatic carbocycles. The number of carbonyl (C=O) groups is 2. The molecule has 1 aromatic carbocycles. The fraction of sp³-hybridized carbons (Fsp3) is 0.615. The number of benzene rings is 1. The van der Waals surface area contributed by atoms with E-state index in [4.69, 9.17) is 14.3 Å². The second kappa shape index (κ2) is 12.5. The highest BCUT2D eigenvalue weighted by Crippen LogP contribution is 2.36. The number of ether oxygens (including phenoxy) is 3. The first-order valence-corrected chi connectivity index (χ1v) is 13.1. The third kappa shape index (κ3) is 7.38. The van der Waals surface area contributed by atoms with Crippen molar-refractivity contribution in [1.82, 2.24) is 15.2 Å². The van der Waals surface area contributed by atoms with Crippen LogP contribution in [0.2, 0.25) is 0 Å². The van der Waals surface area contributed by atoms with Crippen LogP contribution in [0.3, 0.4) is 0 Å². The minimum absolute atomic E-state index is 0.0559. The molecular weight excluding hydrogens is 507 g/mol. The number of nitrogens with zero attached hydrogens (tertiary/aromatic N) is 3. The lowest BCUT2D eigenvalue weighted by Crippen LogP contribution is -2.32. The average Bonchev–Trinajstić information content (AvgIpc) is 3.29. The first-order valence-electron chi connectivity index (χ1n) is 13.1. The van der Waals surface area contributed by atoms with Crippen LogP contribution in [0.15, 0.2) is 24.3 Å². The Morgan fingerprint density at radius 2 is 1.68 bits per heavy atom. The zero-order valence-corrected chi connectivity index (χ0v) is 21.2. The predicted molar refractivity (Wildman–Crippen MR) is 128 cm³/mol. The van der Waals surface area contributed by atoms with Gasteiger partial charge in [-0.25, -0.2) is 9.59 Å². The molecule has 0 amide bonds. The maximum atomic E-state index is 12.8. The summed E-state index contributed by atoms with van der Waals surface area (Å²) >= 11 is 0. The molecule has 208 valence electrons. The highest BCUT2D eigenvalue weighted by atomic mass is 19.4. The molecule has 12 heteroatoms. The van der Waals surface area contributed by atoms with Crippen molar-refractivity contribution < 1.29 is 41.8 Å². The summed E-state index contributed by atoms with van der Waals surface area (Å²) in [7, 11) is 0. The summed E-state index contributed by atoms with van der Waals surface area (Å²) in [5, 5.41) is 7.81. The Morgan fingerprint density at radius 3 is 2.32 bits per heavy atom. The molecule has 2 fully saturated rings. The molecule has 0 N–H and O–H groups in total. The van der Waals surface area contributed by atoms with Crippen LogP contribution in [0, 0.1) is 5.92 Å². The molecule has 38 heavy (non-hydrogen) atoms. The Balaban J connectivity index is 1.38. The van der Waals surface area contributed by atoms with Crippen molar-refractivity contribution >= 4 is 11.9 Å². The summed E-state index contributed by atoms with van der Waals surface area (Å²) < 4.78 is 52.4. The van der Waals surface area contributed by atoms with Gasteiger partial charge in [0.2, 0.25) is 0 Å². The summed E-state index contributed by atoms with van der Waals surface area (Å²) in [4.78, 5) is 31.7. The minimum Gasteiger partial charge on any atom is -0.471 e. The number of carbonyl (C=O) groups excluding carboxylic acids is 2. The smallest absolute Gasteiger partial charge is 0.471 e. The molecule has 9 nitrogen and oxygen atoms in total. The molecule has 0 bridgehead atoms. The normalized spacial score (nSPS) is 20.5. The van der Waals surface area contributed by atoms with Crippen molar-refractivity contribution in [3.8, 4) is 11.6 Å². The zero-order valence-electron chi connectivity index (χ0n) is 21.2. The van der Waals surface area contributed by atoms with E-state index in [0.29, 0.717) is 19.3 Å². The average molecular weight is 540 g/mol. The van der Waals surface area contributed by atoms with Crippen molar-refractivity contribution in [3.63, 3.8) is 0 Å². The van der Waals surface area contributed by atoms with Gasteiger partial charge < -0.3 is 19.0 Å². The number of hydrogen-bond donors (Lipinski definition) is 0. The molecule has 2 saturated carbocycles. The molecule has 0 radical (unpaired) electrons. The van der Waals surface area contributed by atoms with E-state index in [2.05, 4.69) is 15.0 Å². The number of hydrogen-bond acceptors (Lipinski definition) is 8. The quantitative estimate of drug-likeness (QED) is 0.309. The van der Waals surface area contributed by atoms with E-state index in [1.165, 1.54) is 12.1 Å². The largest absolute Gasteiger partial charge is 0.573 e. The topological polar surface area (TPSA) is 102 Å². The Kier molecular flexibility index (Phi) is 9.11. The lowest BCUT2D eigenvalue weighted by molar-refractivity contribution is -0.274. The van der Waals surface area contributed by atoms with Gasteiger partial charge in [-0.15, -0.1) is 13.2 Å². The lowest BCUT2D eigenvalue weighted by atomic mass is 9.83. The van der Waals surface area contributed by atoms with Crippen molar-refractivity contribution in [1.29, 1.82) is 0 Å². The van der Waals surface area contributed by atoms with Crippen LogP contribution in [0.4, 0.5) is 13.2 Å². The van der Waals surface area contributed by atoms with E-state index in [1.54, 1.807) is 12.1 Å². The fourth-order valence-electron chi connectivity index (χ4n) is 4.94. The Bertz CT molecular complexity index is 1070. The van der Waals surface area contributed by atoms with E-state index in [1.807, 2.05) is 6.92 Å². The zero-order chi connectivity index (χ0) is 27.1. The van der Waals surface area contributed by atoms with E-state index in [-0.39, 0.29) is 41.9 Å². The Morgan fingerprint density at radius 1 is 1.00 bits per heavy atom. The molecule has 1 aromatic heterocycles. The Hall–Kier alpha value is -3.31. The lowest BCUT2D eigenvalue weighted by Gasteiger charge is -2.28. The highest BCUT2D eigenvalue weighted by molar-refractivity contribution is 5.90. The predicted octanol–water partition coefficient (Wildman–Crippen LogP) is 5.38. The van der Waals surface area contributed by atoms with Crippen LogP contribution >= 0.6 is 0 Å². The molecular formula is C26H32F3N3O6. The molecule has 0 spiro atoms. The molecule has 0 saturated heterocycles. The van der Waals surface area contributed by atoms with Gasteiger partial charge in [-0.3, -0.25) is 0 Å². The van der Waals surface area contributed by atoms with Gasteiger partial charge in [-0.05, 0) is 73.8 Å². The minimum atomic E-state index is -4.73.